The quantitative estimate of drug-likeness (QED) is 0.603. The van der Waals surface area contributed by atoms with Gasteiger partial charge in [-0.1, -0.05) is 25.8 Å². The Labute approximate surface area is 147 Å². The number of methoxy groups -OCH3 is 1. The molecule has 1 aliphatic heterocycles. The SMILES string of the molecule is COc1cccc(OCCCCCCN2CCC(C)CC2)c1.Cl. The molecule has 1 fully saturated rings. The van der Waals surface area contributed by atoms with Crippen molar-refractivity contribution in [1.29, 1.82) is 0 Å². The second kappa shape index (κ2) is 11.6. The number of hydrogen-bond donors (Lipinski definition) is 0. The Hall–Kier alpha value is -0.930. The Kier molecular flexibility index (Phi) is 10.1. The van der Waals surface area contributed by atoms with E-state index in [-0.39, 0.29) is 12.4 Å². The van der Waals surface area contributed by atoms with Crippen molar-refractivity contribution in [2.24, 2.45) is 5.92 Å². The Morgan fingerprint density at radius 3 is 2.48 bits per heavy atom. The highest BCUT2D eigenvalue weighted by Crippen LogP contribution is 2.19. The molecule has 0 aromatic heterocycles. The van der Waals surface area contributed by atoms with E-state index in [0.29, 0.717) is 0 Å². The van der Waals surface area contributed by atoms with Gasteiger partial charge in [-0.05, 0) is 63.4 Å². The third-order valence-corrected chi connectivity index (χ3v) is 4.55. The Morgan fingerprint density at radius 1 is 1.04 bits per heavy atom. The first-order valence-corrected chi connectivity index (χ1v) is 8.77. The van der Waals surface area contributed by atoms with Crippen molar-refractivity contribution < 1.29 is 9.47 Å². The summed E-state index contributed by atoms with van der Waals surface area (Å²) in [6.45, 7) is 7.07. The Balaban J connectivity index is 0.00000264. The number of piperidine rings is 1. The zero-order chi connectivity index (χ0) is 15.6. The lowest BCUT2D eigenvalue weighted by Crippen LogP contribution is -2.33. The summed E-state index contributed by atoms with van der Waals surface area (Å²) in [6, 6.07) is 7.83. The van der Waals surface area contributed by atoms with Crippen molar-refractivity contribution in [3.63, 3.8) is 0 Å². The van der Waals surface area contributed by atoms with Crippen LogP contribution < -0.4 is 9.47 Å². The predicted molar refractivity (Wildman–Crippen MR) is 99.0 cm³/mol. The zero-order valence-electron chi connectivity index (χ0n) is 14.6. The molecule has 0 saturated carbocycles. The first kappa shape index (κ1) is 20.1. The van der Waals surface area contributed by atoms with E-state index in [4.69, 9.17) is 9.47 Å². The molecule has 1 heterocycles. The van der Waals surface area contributed by atoms with Gasteiger partial charge in [-0.25, -0.2) is 0 Å². The Bertz CT molecular complexity index is 420. The number of nitrogens with zero attached hydrogens (tertiary/aromatic N) is 1. The monoisotopic (exact) mass is 341 g/mol. The van der Waals surface area contributed by atoms with Crippen LogP contribution in [0.4, 0.5) is 0 Å². The van der Waals surface area contributed by atoms with E-state index in [0.717, 1.165) is 30.4 Å². The average Bonchev–Trinajstić information content (AvgIpc) is 2.56. The molecule has 0 amide bonds. The van der Waals surface area contributed by atoms with Crippen LogP contribution in [0, 0.1) is 5.92 Å². The number of benzene rings is 1. The first-order chi connectivity index (χ1) is 10.8. The number of rotatable bonds is 9. The molecule has 0 radical (unpaired) electrons. The largest absolute Gasteiger partial charge is 0.497 e. The minimum absolute atomic E-state index is 0. The van der Waals surface area contributed by atoms with Gasteiger partial charge < -0.3 is 14.4 Å². The van der Waals surface area contributed by atoms with Gasteiger partial charge in [0.05, 0.1) is 13.7 Å². The third-order valence-electron chi connectivity index (χ3n) is 4.55. The number of hydrogen-bond acceptors (Lipinski definition) is 3. The molecule has 0 atom stereocenters. The maximum absolute atomic E-state index is 5.77. The van der Waals surface area contributed by atoms with Gasteiger partial charge in [-0.3, -0.25) is 0 Å². The van der Waals surface area contributed by atoms with E-state index in [1.165, 1.54) is 51.7 Å². The predicted octanol–water partition coefficient (Wildman–Crippen LogP) is 4.79. The Morgan fingerprint density at radius 2 is 1.74 bits per heavy atom. The van der Waals surface area contributed by atoms with Gasteiger partial charge in [0.1, 0.15) is 11.5 Å². The molecule has 3 nitrogen and oxygen atoms in total. The van der Waals surface area contributed by atoms with Crippen LogP contribution in [-0.4, -0.2) is 38.3 Å². The maximum atomic E-state index is 5.77. The summed E-state index contributed by atoms with van der Waals surface area (Å²) in [7, 11) is 1.68. The molecule has 132 valence electrons. The van der Waals surface area contributed by atoms with Crippen LogP contribution in [-0.2, 0) is 0 Å². The van der Waals surface area contributed by atoms with Gasteiger partial charge in [-0.15, -0.1) is 12.4 Å². The van der Waals surface area contributed by atoms with Gasteiger partial charge in [0.25, 0.3) is 0 Å². The topological polar surface area (TPSA) is 21.7 Å². The van der Waals surface area contributed by atoms with E-state index in [1.54, 1.807) is 7.11 Å². The van der Waals surface area contributed by atoms with E-state index in [1.807, 2.05) is 24.3 Å². The summed E-state index contributed by atoms with van der Waals surface area (Å²) in [6.07, 6.45) is 7.80. The van der Waals surface area contributed by atoms with Crippen LogP contribution in [0.5, 0.6) is 11.5 Å². The fourth-order valence-corrected chi connectivity index (χ4v) is 2.96. The highest BCUT2D eigenvalue weighted by molar-refractivity contribution is 5.85. The van der Waals surface area contributed by atoms with E-state index in [9.17, 15) is 0 Å². The van der Waals surface area contributed by atoms with E-state index >= 15 is 0 Å². The third kappa shape index (κ3) is 7.94. The molecule has 23 heavy (non-hydrogen) atoms. The molecule has 0 N–H and O–H groups in total. The van der Waals surface area contributed by atoms with Crippen molar-refractivity contribution in [2.45, 2.75) is 45.4 Å². The molecule has 1 aliphatic rings. The van der Waals surface area contributed by atoms with Crippen molar-refractivity contribution >= 4 is 12.4 Å². The summed E-state index contributed by atoms with van der Waals surface area (Å²) in [5, 5.41) is 0. The van der Waals surface area contributed by atoms with Crippen LogP contribution in [0.25, 0.3) is 0 Å². The molecule has 0 aliphatic carbocycles. The van der Waals surface area contributed by atoms with Gasteiger partial charge in [0.2, 0.25) is 0 Å². The van der Waals surface area contributed by atoms with Crippen molar-refractivity contribution in [1.82, 2.24) is 4.90 Å². The number of unbranched alkanes of at least 4 members (excludes halogenated alkanes) is 3. The smallest absolute Gasteiger partial charge is 0.122 e. The molecule has 1 aromatic rings. The summed E-state index contributed by atoms with van der Waals surface area (Å²) in [5.41, 5.74) is 0. The summed E-state index contributed by atoms with van der Waals surface area (Å²) < 4.78 is 11.0. The molecular formula is C19H32ClNO2. The fraction of sp³-hybridized carbons (Fsp3) is 0.684. The maximum Gasteiger partial charge on any atom is 0.122 e. The van der Waals surface area contributed by atoms with Crippen LogP contribution in [0.1, 0.15) is 45.4 Å². The van der Waals surface area contributed by atoms with E-state index < -0.39 is 0 Å². The molecule has 2 rings (SSSR count). The van der Waals surface area contributed by atoms with Gasteiger partial charge >= 0.3 is 0 Å². The van der Waals surface area contributed by atoms with Gasteiger partial charge in [0, 0.05) is 6.07 Å². The molecule has 4 heteroatoms. The molecular weight excluding hydrogens is 310 g/mol. The molecule has 1 aromatic carbocycles. The number of ether oxygens (including phenoxy) is 2. The first-order valence-electron chi connectivity index (χ1n) is 8.77. The normalized spacial score (nSPS) is 15.9. The second-order valence-electron chi connectivity index (χ2n) is 6.47. The van der Waals surface area contributed by atoms with Crippen molar-refractivity contribution in [2.75, 3.05) is 33.4 Å². The lowest BCUT2D eigenvalue weighted by molar-refractivity contribution is 0.188. The van der Waals surface area contributed by atoms with Crippen molar-refractivity contribution in [3.05, 3.63) is 24.3 Å². The zero-order valence-corrected chi connectivity index (χ0v) is 15.4. The lowest BCUT2D eigenvalue weighted by Gasteiger charge is -2.30. The van der Waals surface area contributed by atoms with Gasteiger partial charge in [0.15, 0.2) is 0 Å². The van der Waals surface area contributed by atoms with Crippen LogP contribution in [0.3, 0.4) is 0 Å². The standard InChI is InChI=1S/C19H31NO2.ClH/c1-17-10-13-20(14-11-17)12-5-3-4-6-15-22-19-9-7-8-18(16-19)21-2;/h7-9,16-17H,3-6,10-15H2,1-2H3;1H. The number of halogens is 1. The fourth-order valence-electron chi connectivity index (χ4n) is 2.96. The van der Waals surface area contributed by atoms with Crippen LogP contribution >= 0.6 is 12.4 Å². The highest BCUT2D eigenvalue weighted by atomic mass is 35.5. The molecule has 1 saturated heterocycles. The molecule has 0 bridgehead atoms. The average molecular weight is 342 g/mol. The summed E-state index contributed by atoms with van der Waals surface area (Å²) in [4.78, 5) is 2.63. The number of likely N-dealkylation sites (tertiary alicyclic amines) is 1. The lowest BCUT2D eigenvalue weighted by atomic mass is 9.99. The van der Waals surface area contributed by atoms with Gasteiger partial charge in [-0.2, -0.15) is 0 Å². The summed E-state index contributed by atoms with van der Waals surface area (Å²) in [5.74, 6) is 2.69. The van der Waals surface area contributed by atoms with Crippen LogP contribution in [0.15, 0.2) is 24.3 Å². The summed E-state index contributed by atoms with van der Waals surface area (Å²) >= 11 is 0. The van der Waals surface area contributed by atoms with Crippen molar-refractivity contribution in [3.8, 4) is 11.5 Å². The van der Waals surface area contributed by atoms with Crippen LogP contribution in [0.2, 0.25) is 0 Å². The molecule has 0 unspecified atom stereocenters. The second-order valence-corrected chi connectivity index (χ2v) is 6.47. The highest BCUT2D eigenvalue weighted by Gasteiger charge is 2.14. The van der Waals surface area contributed by atoms with E-state index in [2.05, 4.69) is 11.8 Å². The minimum Gasteiger partial charge on any atom is -0.497 e. The molecule has 0 spiro atoms. The minimum atomic E-state index is 0.